The van der Waals surface area contributed by atoms with Gasteiger partial charge in [-0.1, -0.05) is 43.6 Å². The molecular formula is C21H24ClN3O3S2. The Kier molecular flexibility index (Phi) is 7.13. The normalized spacial score (nSPS) is 13.0. The van der Waals surface area contributed by atoms with E-state index in [0.29, 0.717) is 11.4 Å². The van der Waals surface area contributed by atoms with Crippen molar-refractivity contribution in [2.75, 3.05) is 0 Å². The fourth-order valence-corrected chi connectivity index (χ4v) is 5.45. The van der Waals surface area contributed by atoms with Crippen LogP contribution in [0.5, 0.6) is 0 Å². The van der Waals surface area contributed by atoms with Crippen LogP contribution in [-0.4, -0.2) is 25.4 Å². The Morgan fingerprint density at radius 2 is 1.93 bits per heavy atom. The first-order valence-corrected chi connectivity index (χ1v) is 12.2. The fourth-order valence-electron chi connectivity index (χ4n) is 3.07. The number of hydrogen-bond acceptors (Lipinski definition) is 5. The second kappa shape index (κ2) is 9.43. The number of halogens is 1. The minimum absolute atomic E-state index is 0.117. The van der Waals surface area contributed by atoms with Gasteiger partial charge in [-0.15, -0.1) is 11.3 Å². The molecule has 0 unspecified atom stereocenters. The average Bonchev–Trinajstić information content (AvgIpc) is 3.05. The molecule has 160 valence electrons. The lowest BCUT2D eigenvalue weighted by Crippen LogP contribution is -2.47. The van der Waals surface area contributed by atoms with Gasteiger partial charge in [-0.3, -0.25) is 4.79 Å². The van der Waals surface area contributed by atoms with Crippen molar-refractivity contribution in [3.63, 3.8) is 0 Å². The number of carbonyl (C=O) groups is 1. The van der Waals surface area contributed by atoms with Crippen LogP contribution in [0.25, 0.3) is 10.2 Å². The number of hydrogen-bond donors (Lipinski definition) is 2. The molecule has 0 saturated heterocycles. The van der Waals surface area contributed by atoms with Crippen molar-refractivity contribution in [3.05, 3.63) is 58.1 Å². The number of amides is 1. The molecule has 30 heavy (non-hydrogen) atoms. The van der Waals surface area contributed by atoms with Crippen LogP contribution >= 0.6 is 22.9 Å². The fraction of sp³-hybridized carbons (Fsp3) is 0.333. The van der Waals surface area contributed by atoms with Crippen LogP contribution < -0.4 is 10.0 Å². The lowest BCUT2D eigenvalue weighted by Gasteiger charge is -2.20. The molecule has 9 heteroatoms. The van der Waals surface area contributed by atoms with E-state index in [1.807, 2.05) is 39.0 Å². The molecule has 1 atom stereocenters. The number of nitrogens with zero attached hydrogens (tertiary/aromatic N) is 1. The van der Waals surface area contributed by atoms with Gasteiger partial charge in [-0.25, -0.2) is 13.4 Å². The minimum Gasteiger partial charge on any atom is -0.351 e. The molecule has 0 aliphatic rings. The number of sulfonamides is 1. The molecule has 2 aromatic carbocycles. The lowest BCUT2D eigenvalue weighted by molar-refractivity contribution is -0.123. The molecule has 0 spiro atoms. The molecule has 0 radical (unpaired) electrons. The first-order chi connectivity index (χ1) is 14.2. The largest absolute Gasteiger partial charge is 0.351 e. The number of aromatic nitrogens is 1. The van der Waals surface area contributed by atoms with Crippen molar-refractivity contribution in [1.29, 1.82) is 0 Å². The summed E-state index contributed by atoms with van der Waals surface area (Å²) in [5.74, 6) is -0.266. The molecule has 3 aromatic rings. The Balaban J connectivity index is 1.78. The van der Waals surface area contributed by atoms with Gasteiger partial charge in [0, 0.05) is 11.6 Å². The van der Waals surface area contributed by atoms with E-state index in [-0.39, 0.29) is 23.3 Å². The third-order valence-electron chi connectivity index (χ3n) is 4.51. The highest BCUT2D eigenvalue weighted by Gasteiger charge is 2.27. The summed E-state index contributed by atoms with van der Waals surface area (Å²) < 4.78 is 29.3. The first kappa shape index (κ1) is 22.7. The summed E-state index contributed by atoms with van der Waals surface area (Å²) in [5.41, 5.74) is 1.53. The monoisotopic (exact) mass is 465 g/mol. The Morgan fingerprint density at radius 1 is 1.20 bits per heavy atom. The predicted octanol–water partition coefficient (Wildman–Crippen LogP) is 4.27. The highest BCUT2D eigenvalue weighted by Crippen LogP contribution is 2.25. The topological polar surface area (TPSA) is 88.2 Å². The van der Waals surface area contributed by atoms with E-state index in [4.69, 9.17) is 11.6 Å². The van der Waals surface area contributed by atoms with Crippen LogP contribution in [0.1, 0.15) is 30.8 Å². The van der Waals surface area contributed by atoms with Crippen LogP contribution in [0.2, 0.25) is 5.02 Å². The van der Waals surface area contributed by atoms with Crippen molar-refractivity contribution >= 4 is 49.1 Å². The van der Waals surface area contributed by atoms with Gasteiger partial charge < -0.3 is 5.32 Å². The van der Waals surface area contributed by atoms with Gasteiger partial charge in [0.15, 0.2) is 0 Å². The number of carbonyl (C=O) groups excluding carboxylic acids is 1. The maximum atomic E-state index is 13.0. The smallest absolute Gasteiger partial charge is 0.241 e. The Labute approximate surface area is 185 Å². The molecular weight excluding hydrogens is 442 g/mol. The van der Waals surface area contributed by atoms with Crippen LogP contribution in [0, 0.1) is 12.8 Å². The van der Waals surface area contributed by atoms with E-state index in [2.05, 4.69) is 15.0 Å². The Bertz CT molecular complexity index is 1160. The van der Waals surface area contributed by atoms with Crippen molar-refractivity contribution in [3.8, 4) is 0 Å². The Morgan fingerprint density at radius 3 is 2.63 bits per heavy atom. The number of nitrogens with one attached hydrogen (secondary N) is 2. The SMILES string of the molecule is Cc1nc2ccc(S(=O)(=O)N[C@H](CC(C)C)C(=O)NCc3ccccc3Cl)cc2s1. The highest BCUT2D eigenvalue weighted by molar-refractivity contribution is 7.89. The molecule has 0 aliphatic carbocycles. The lowest BCUT2D eigenvalue weighted by atomic mass is 10.0. The summed E-state index contributed by atoms with van der Waals surface area (Å²) >= 11 is 7.57. The average molecular weight is 466 g/mol. The summed E-state index contributed by atoms with van der Waals surface area (Å²) in [6.07, 6.45) is 0.371. The third-order valence-corrected chi connectivity index (χ3v) is 7.28. The van der Waals surface area contributed by atoms with Gasteiger partial charge in [0.05, 0.1) is 20.1 Å². The summed E-state index contributed by atoms with van der Waals surface area (Å²) in [6.45, 7) is 5.98. The van der Waals surface area contributed by atoms with E-state index >= 15 is 0 Å². The van der Waals surface area contributed by atoms with Gasteiger partial charge in [-0.2, -0.15) is 4.72 Å². The number of aryl methyl sites for hydroxylation is 1. The molecule has 1 heterocycles. The van der Waals surface area contributed by atoms with E-state index in [0.717, 1.165) is 20.8 Å². The summed E-state index contributed by atoms with van der Waals surface area (Å²) in [4.78, 5) is 17.3. The van der Waals surface area contributed by atoms with Crippen LogP contribution in [0.3, 0.4) is 0 Å². The molecule has 3 rings (SSSR count). The highest BCUT2D eigenvalue weighted by atomic mass is 35.5. The molecule has 2 N–H and O–H groups in total. The number of rotatable bonds is 8. The zero-order chi connectivity index (χ0) is 21.9. The van der Waals surface area contributed by atoms with Crippen molar-refractivity contribution in [2.45, 2.75) is 44.7 Å². The summed E-state index contributed by atoms with van der Waals surface area (Å²) in [6, 6.07) is 11.1. The van der Waals surface area contributed by atoms with Gasteiger partial charge in [0.25, 0.3) is 0 Å². The molecule has 1 aromatic heterocycles. The Hall–Kier alpha value is -2.00. The standard InChI is InChI=1S/C21H24ClN3O3S2/c1-13(2)10-19(21(26)23-12-15-6-4-5-7-17(15)22)25-30(27,28)16-8-9-18-20(11-16)29-14(3)24-18/h4-9,11,13,19,25H,10,12H2,1-3H3,(H,23,26)/t19-/m1/s1. The number of benzene rings is 2. The van der Waals surface area contributed by atoms with Crippen molar-refractivity contribution in [2.24, 2.45) is 5.92 Å². The van der Waals surface area contributed by atoms with Crippen LogP contribution in [0.15, 0.2) is 47.4 Å². The second-order valence-corrected chi connectivity index (χ2v) is 10.8. The summed E-state index contributed by atoms with van der Waals surface area (Å²) in [7, 11) is -3.88. The zero-order valence-corrected chi connectivity index (χ0v) is 19.4. The van der Waals surface area contributed by atoms with Crippen molar-refractivity contribution < 1.29 is 13.2 Å². The maximum absolute atomic E-state index is 13.0. The van der Waals surface area contributed by atoms with E-state index in [1.165, 1.54) is 17.4 Å². The third kappa shape index (κ3) is 5.57. The summed E-state index contributed by atoms with van der Waals surface area (Å²) in [5, 5.41) is 4.21. The number of thiazole rings is 1. The first-order valence-electron chi connectivity index (χ1n) is 9.56. The molecule has 0 saturated carbocycles. The quantitative estimate of drug-likeness (QED) is 0.520. The maximum Gasteiger partial charge on any atom is 0.241 e. The van der Waals surface area contributed by atoms with Gasteiger partial charge in [-0.05, 0) is 49.1 Å². The second-order valence-electron chi connectivity index (χ2n) is 7.48. The minimum atomic E-state index is -3.88. The van der Waals surface area contributed by atoms with E-state index < -0.39 is 16.1 Å². The van der Waals surface area contributed by atoms with Gasteiger partial charge in [0.1, 0.15) is 6.04 Å². The van der Waals surface area contributed by atoms with Crippen LogP contribution in [0.4, 0.5) is 0 Å². The van der Waals surface area contributed by atoms with Gasteiger partial charge >= 0.3 is 0 Å². The van der Waals surface area contributed by atoms with Crippen LogP contribution in [-0.2, 0) is 21.4 Å². The molecule has 0 fully saturated rings. The molecule has 0 bridgehead atoms. The molecule has 0 aliphatic heterocycles. The van der Waals surface area contributed by atoms with E-state index in [1.54, 1.807) is 18.2 Å². The molecule has 6 nitrogen and oxygen atoms in total. The van der Waals surface area contributed by atoms with Gasteiger partial charge in [0.2, 0.25) is 15.9 Å². The zero-order valence-electron chi connectivity index (χ0n) is 17.0. The predicted molar refractivity (Wildman–Crippen MR) is 121 cm³/mol. The number of fused-ring (bicyclic) bond motifs is 1. The van der Waals surface area contributed by atoms with Crippen molar-refractivity contribution in [1.82, 2.24) is 15.0 Å². The van der Waals surface area contributed by atoms with E-state index in [9.17, 15) is 13.2 Å². The molecule has 1 amide bonds.